The van der Waals surface area contributed by atoms with Crippen molar-refractivity contribution in [3.8, 4) is 5.75 Å². The van der Waals surface area contributed by atoms with Crippen molar-refractivity contribution in [2.75, 3.05) is 0 Å². The van der Waals surface area contributed by atoms with Crippen LogP contribution in [0.1, 0.15) is 16.7 Å². The van der Waals surface area contributed by atoms with E-state index in [0.717, 1.165) is 11.1 Å². The molecule has 0 fully saturated rings. The molecule has 0 aliphatic rings. The number of benzene rings is 1. The van der Waals surface area contributed by atoms with E-state index in [1.807, 2.05) is 0 Å². The first-order chi connectivity index (χ1) is 7.93. The van der Waals surface area contributed by atoms with Crippen LogP contribution in [0.4, 0.5) is 8.78 Å². The minimum atomic E-state index is -2.96. The minimum Gasteiger partial charge on any atom is -0.481 e. The summed E-state index contributed by atoms with van der Waals surface area (Å²) in [6.07, 6.45) is -0.342. The minimum absolute atomic E-state index is 0.0811. The maximum absolute atomic E-state index is 12.2. The second kappa shape index (κ2) is 5.95. The molecule has 94 valence electrons. The van der Waals surface area contributed by atoms with Gasteiger partial charge in [-0.15, -0.1) is 0 Å². The Balaban J connectivity index is 3.15. The van der Waals surface area contributed by atoms with Gasteiger partial charge in [0.25, 0.3) is 0 Å². The molecule has 0 bridgehead atoms. The fraction of sp³-hybridized carbons (Fsp3) is 0.364. The van der Waals surface area contributed by atoms with E-state index in [1.54, 1.807) is 13.0 Å². The van der Waals surface area contributed by atoms with Crippen LogP contribution in [-0.4, -0.2) is 17.7 Å². The lowest BCUT2D eigenvalue weighted by molar-refractivity contribution is -0.136. The van der Waals surface area contributed by atoms with Crippen molar-refractivity contribution in [2.24, 2.45) is 0 Å². The van der Waals surface area contributed by atoms with Gasteiger partial charge in [0, 0.05) is 10.9 Å². The van der Waals surface area contributed by atoms with Crippen molar-refractivity contribution in [3.63, 3.8) is 0 Å². The van der Waals surface area contributed by atoms with Crippen molar-refractivity contribution in [3.05, 3.63) is 28.8 Å². The van der Waals surface area contributed by atoms with Gasteiger partial charge in [-0.25, -0.2) is 0 Å². The van der Waals surface area contributed by atoms with Gasteiger partial charge in [-0.1, -0.05) is 22.0 Å². The van der Waals surface area contributed by atoms with Crippen LogP contribution >= 0.6 is 15.9 Å². The predicted molar refractivity (Wildman–Crippen MR) is 61.8 cm³/mol. The Morgan fingerprint density at radius 1 is 1.47 bits per heavy atom. The SMILES string of the molecule is Cc1cc(CC(=O)O)c(OC(F)F)cc1CBr. The number of hydrogen-bond donors (Lipinski definition) is 1. The fourth-order valence-electron chi connectivity index (χ4n) is 1.44. The standard InChI is InChI=1S/C11H11BrF2O3/c1-6-2-7(4-10(15)16)9(17-11(13)14)3-8(6)5-12/h2-3,11H,4-5H2,1H3,(H,15,16). The third-order valence-corrected chi connectivity index (χ3v) is 2.82. The molecule has 1 aromatic rings. The number of carbonyl (C=O) groups is 1. The Labute approximate surface area is 106 Å². The first-order valence-electron chi connectivity index (χ1n) is 4.79. The Morgan fingerprint density at radius 2 is 2.12 bits per heavy atom. The number of carboxylic acid groups (broad SMARTS) is 1. The summed E-state index contributed by atoms with van der Waals surface area (Å²) < 4.78 is 28.7. The number of aliphatic carboxylic acids is 1. The van der Waals surface area contributed by atoms with E-state index < -0.39 is 12.6 Å². The lowest BCUT2D eigenvalue weighted by atomic mass is 10.0. The highest BCUT2D eigenvalue weighted by atomic mass is 79.9. The maximum atomic E-state index is 12.2. The highest BCUT2D eigenvalue weighted by Gasteiger charge is 2.14. The highest BCUT2D eigenvalue weighted by molar-refractivity contribution is 9.08. The van der Waals surface area contributed by atoms with E-state index in [0.29, 0.717) is 5.33 Å². The molecule has 0 spiro atoms. The molecule has 0 radical (unpaired) electrons. The normalized spacial score (nSPS) is 10.6. The van der Waals surface area contributed by atoms with Crippen molar-refractivity contribution in [1.82, 2.24) is 0 Å². The molecule has 1 aromatic carbocycles. The van der Waals surface area contributed by atoms with Gasteiger partial charge in [-0.05, 0) is 24.1 Å². The number of rotatable bonds is 5. The first kappa shape index (κ1) is 13.9. The zero-order valence-corrected chi connectivity index (χ0v) is 10.6. The van der Waals surface area contributed by atoms with Crippen LogP contribution in [0.3, 0.4) is 0 Å². The van der Waals surface area contributed by atoms with Crippen LogP contribution in [0.25, 0.3) is 0 Å². The molecule has 1 rings (SSSR count). The topological polar surface area (TPSA) is 46.5 Å². The maximum Gasteiger partial charge on any atom is 0.387 e. The molecule has 0 aliphatic heterocycles. The van der Waals surface area contributed by atoms with Gasteiger partial charge < -0.3 is 9.84 Å². The van der Waals surface area contributed by atoms with Crippen LogP contribution in [0.15, 0.2) is 12.1 Å². The van der Waals surface area contributed by atoms with Crippen molar-refractivity contribution >= 4 is 21.9 Å². The van der Waals surface area contributed by atoms with E-state index in [4.69, 9.17) is 5.11 Å². The third kappa shape index (κ3) is 3.96. The summed E-state index contributed by atoms with van der Waals surface area (Å²) in [7, 11) is 0. The highest BCUT2D eigenvalue weighted by Crippen LogP contribution is 2.27. The van der Waals surface area contributed by atoms with Crippen LogP contribution in [-0.2, 0) is 16.5 Å². The monoisotopic (exact) mass is 308 g/mol. The van der Waals surface area contributed by atoms with Crippen molar-refractivity contribution in [1.29, 1.82) is 0 Å². The molecule has 0 aromatic heterocycles. The molecule has 3 nitrogen and oxygen atoms in total. The molecule has 0 aliphatic carbocycles. The van der Waals surface area contributed by atoms with E-state index in [9.17, 15) is 13.6 Å². The molecule has 17 heavy (non-hydrogen) atoms. The van der Waals surface area contributed by atoms with Crippen LogP contribution in [0, 0.1) is 6.92 Å². The smallest absolute Gasteiger partial charge is 0.387 e. The van der Waals surface area contributed by atoms with Gasteiger partial charge in [-0.3, -0.25) is 4.79 Å². The number of carboxylic acids is 1. The Hall–Kier alpha value is -1.17. The Kier molecular flexibility index (Phi) is 4.86. The molecular formula is C11H11BrF2O3. The molecule has 0 saturated heterocycles. The van der Waals surface area contributed by atoms with Gasteiger partial charge in [0.2, 0.25) is 0 Å². The Bertz CT molecular complexity index is 421. The summed E-state index contributed by atoms with van der Waals surface area (Å²) in [5, 5.41) is 9.18. The number of aryl methyl sites for hydroxylation is 1. The quantitative estimate of drug-likeness (QED) is 0.850. The summed E-state index contributed by atoms with van der Waals surface area (Å²) in [5.41, 5.74) is 1.87. The second-order valence-corrected chi connectivity index (χ2v) is 4.03. The fourth-order valence-corrected chi connectivity index (χ4v) is 2.04. The number of alkyl halides is 3. The zero-order valence-electron chi connectivity index (χ0n) is 9.04. The zero-order chi connectivity index (χ0) is 13.0. The number of ether oxygens (including phenoxy) is 1. The average Bonchev–Trinajstić information content (AvgIpc) is 2.20. The van der Waals surface area contributed by atoms with E-state index in [2.05, 4.69) is 20.7 Å². The first-order valence-corrected chi connectivity index (χ1v) is 5.91. The largest absolute Gasteiger partial charge is 0.481 e. The summed E-state index contributed by atoms with van der Waals surface area (Å²) >= 11 is 3.22. The second-order valence-electron chi connectivity index (χ2n) is 3.47. The lowest BCUT2D eigenvalue weighted by Crippen LogP contribution is -2.08. The van der Waals surface area contributed by atoms with Crippen molar-refractivity contribution < 1.29 is 23.4 Å². The average molecular weight is 309 g/mol. The summed E-state index contributed by atoms with van der Waals surface area (Å²) in [5.74, 6) is -1.17. The van der Waals surface area contributed by atoms with Crippen LogP contribution in [0.5, 0.6) is 5.75 Å². The van der Waals surface area contributed by atoms with Crippen LogP contribution in [0.2, 0.25) is 0 Å². The molecule has 0 amide bonds. The molecule has 0 saturated carbocycles. The van der Waals surface area contributed by atoms with E-state index in [-0.39, 0.29) is 17.7 Å². The number of halogens is 3. The molecule has 6 heteroatoms. The number of hydrogen-bond acceptors (Lipinski definition) is 2. The molecule has 0 unspecified atom stereocenters. The van der Waals surface area contributed by atoms with Crippen molar-refractivity contribution in [2.45, 2.75) is 25.3 Å². The van der Waals surface area contributed by atoms with Gasteiger partial charge in [0.15, 0.2) is 0 Å². The van der Waals surface area contributed by atoms with Gasteiger partial charge >= 0.3 is 12.6 Å². The Morgan fingerprint density at radius 3 is 2.59 bits per heavy atom. The van der Waals surface area contributed by atoms with Gasteiger partial charge in [0.1, 0.15) is 5.75 Å². The van der Waals surface area contributed by atoms with E-state index in [1.165, 1.54) is 6.07 Å². The summed E-state index contributed by atoms with van der Waals surface area (Å²) in [6.45, 7) is -1.18. The van der Waals surface area contributed by atoms with Gasteiger partial charge in [0.05, 0.1) is 6.42 Å². The van der Waals surface area contributed by atoms with Crippen LogP contribution < -0.4 is 4.74 Å². The summed E-state index contributed by atoms with van der Waals surface area (Å²) in [4.78, 5) is 10.6. The molecule has 1 N–H and O–H groups in total. The molecular weight excluding hydrogens is 298 g/mol. The molecule has 0 heterocycles. The predicted octanol–water partition coefficient (Wildman–Crippen LogP) is 3.12. The van der Waals surface area contributed by atoms with E-state index >= 15 is 0 Å². The summed E-state index contributed by atoms with van der Waals surface area (Å²) in [6, 6.07) is 3.00. The van der Waals surface area contributed by atoms with Gasteiger partial charge in [-0.2, -0.15) is 8.78 Å². The molecule has 0 atom stereocenters. The third-order valence-electron chi connectivity index (χ3n) is 2.22. The lowest BCUT2D eigenvalue weighted by Gasteiger charge is -2.13.